The predicted octanol–water partition coefficient (Wildman–Crippen LogP) is 4.12. The minimum absolute atomic E-state index is 0.167. The van der Waals surface area contributed by atoms with Gasteiger partial charge >= 0.3 is 5.97 Å². The Hall–Kier alpha value is -1.71. The molecule has 0 N–H and O–H groups in total. The van der Waals surface area contributed by atoms with Crippen molar-refractivity contribution in [2.45, 2.75) is 32.6 Å². The summed E-state index contributed by atoms with van der Waals surface area (Å²) in [6.07, 6.45) is 2.58. The lowest BCUT2D eigenvalue weighted by molar-refractivity contribution is -0.140. The average molecular weight is 497 g/mol. The van der Waals surface area contributed by atoms with Gasteiger partial charge in [0.15, 0.2) is 0 Å². The van der Waals surface area contributed by atoms with Crippen molar-refractivity contribution in [1.29, 1.82) is 0 Å². The summed E-state index contributed by atoms with van der Waals surface area (Å²) in [7, 11) is 1.37. The van der Waals surface area contributed by atoms with Crippen molar-refractivity contribution in [2.24, 2.45) is 0 Å². The number of hydrogen-bond donors (Lipinski definition) is 0. The van der Waals surface area contributed by atoms with Crippen LogP contribution in [-0.4, -0.2) is 47.2 Å². The van der Waals surface area contributed by atoms with Gasteiger partial charge in [0.2, 0.25) is 0 Å². The van der Waals surface area contributed by atoms with E-state index < -0.39 is 0 Å². The number of ether oxygens (including phenoxy) is 1. The van der Waals surface area contributed by atoms with E-state index in [1.807, 2.05) is 25.1 Å². The predicted molar refractivity (Wildman–Crippen MR) is 121 cm³/mol. The van der Waals surface area contributed by atoms with Crippen molar-refractivity contribution < 1.29 is 19.1 Å². The summed E-state index contributed by atoms with van der Waals surface area (Å²) in [5, 5.41) is 0. The molecule has 1 aromatic carbocycles. The summed E-state index contributed by atoms with van der Waals surface area (Å²) in [5.74, 6) is -0.621. The molecular formula is C20H21BrN2O4S2. The van der Waals surface area contributed by atoms with Gasteiger partial charge in [-0.3, -0.25) is 19.3 Å². The van der Waals surface area contributed by atoms with Crippen molar-refractivity contribution in [2.75, 3.05) is 25.1 Å². The number of fused-ring (bicyclic) bond motifs is 1. The SMILES string of the molecule is CCN1C(=O)/C(=C2\SC(=S)N(CCCCCC(=O)OC)C2=O)c2cc(Br)ccc21. The summed E-state index contributed by atoms with van der Waals surface area (Å²) in [6, 6.07) is 5.64. The van der Waals surface area contributed by atoms with Crippen molar-refractivity contribution in [3.63, 3.8) is 0 Å². The lowest BCUT2D eigenvalue weighted by atomic mass is 10.1. The molecule has 2 aliphatic rings. The number of thioether (sulfide) groups is 1. The third-order valence-corrected chi connectivity index (χ3v) is 6.80. The minimum atomic E-state index is -0.231. The molecule has 2 amide bonds. The number of amides is 2. The van der Waals surface area contributed by atoms with E-state index in [0.717, 1.165) is 28.6 Å². The Balaban J connectivity index is 1.78. The minimum Gasteiger partial charge on any atom is -0.469 e. The molecule has 0 saturated carbocycles. The molecule has 0 aromatic heterocycles. The molecule has 1 saturated heterocycles. The first kappa shape index (κ1) is 22.0. The second kappa shape index (κ2) is 9.40. The van der Waals surface area contributed by atoms with Gasteiger partial charge in [0, 0.05) is 29.5 Å². The first-order valence-electron chi connectivity index (χ1n) is 9.35. The van der Waals surface area contributed by atoms with Crippen LogP contribution in [0.2, 0.25) is 0 Å². The fourth-order valence-corrected chi connectivity index (χ4v) is 5.14. The van der Waals surface area contributed by atoms with Crippen LogP contribution in [0.15, 0.2) is 27.6 Å². The number of hydrogen-bond acceptors (Lipinski definition) is 6. The summed E-state index contributed by atoms with van der Waals surface area (Å²) >= 11 is 10.1. The summed E-state index contributed by atoms with van der Waals surface area (Å²) < 4.78 is 5.94. The number of unbranched alkanes of at least 4 members (excludes halogenated alkanes) is 2. The fourth-order valence-electron chi connectivity index (χ4n) is 3.40. The number of carbonyl (C=O) groups is 3. The maximum absolute atomic E-state index is 13.1. The summed E-state index contributed by atoms with van der Waals surface area (Å²) in [6.45, 7) is 2.91. The van der Waals surface area contributed by atoms with Crippen molar-refractivity contribution in [3.05, 3.63) is 33.1 Å². The lowest BCUT2D eigenvalue weighted by Gasteiger charge is -2.14. The Kier molecular flexibility index (Phi) is 7.13. The Morgan fingerprint density at radius 2 is 1.93 bits per heavy atom. The maximum Gasteiger partial charge on any atom is 0.305 e. The average Bonchev–Trinajstić information content (AvgIpc) is 3.13. The highest BCUT2D eigenvalue weighted by molar-refractivity contribution is 9.10. The molecule has 3 rings (SSSR count). The number of methoxy groups -OCH3 is 1. The largest absolute Gasteiger partial charge is 0.469 e. The monoisotopic (exact) mass is 496 g/mol. The number of rotatable bonds is 7. The number of halogens is 1. The van der Waals surface area contributed by atoms with Crippen molar-refractivity contribution >= 4 is 73.3 Å². The summed E-state index contributed by atoms with van der Waals surface area (Å²) in [5.41, 5.74) is 1.99. The van der Waals surface area contributed by atoms with Gasteiger partial charge in [-0.05, 0) is 38.0 Å². The van der Waals surface area contributed by atoms with Gasteiger partial charge < -0.3 is 9.64 Å². The molecule has 29 heavy (non-hydrogen) atoms. The Morgan fingerprint density at radius 1 is 1.17 bits per heavy atom. The smallest absolute Gasteiger partial charge is 0.305 e. The number of esters is 1. The van der Waals surface area contributed by atoms with Gasteiger partial charge in [-0.25, -0.2) is 0 Å². The highest BCUT2D eigenvalue weighted by Gasteiger charge is 2.41. The molecule has 2 aliphatic heterocycles. The van der Waals surface area contributed by atoms with E-state index in [9.17, 15) is 14.4 Å². The van der Waals surface area contributed by atoms with Crippen LogP contribution >= 0.6 is 39.9 Å². The van der Waals surface area contributed by atoms with E-state index in [1.54, 1.807) is 9.80 Å². The topological polar surface area (TPSA) is 66.9 Å². The van der Waals surface area contributed by atoms with Gasteiger partial charge in [-0.15, -0.1) is 0 Å². The second-order valence-electron chi connectivity index (χ2n) is 6.63. The molecule has 0 spiro atoms. The molecule has 0 bridgehead atoms. The molecular weight excluding hydrogens is 476 g/mol. The van der Waals surface area contributed by atoms with Crippen LogP contribution in [0.4, 0.5) is 5.69 Å². The zero-order valence-corrected chi connectivity index (χ0v) is 19.4. The second-order valence-corrected chi connectivity index (χ2v) is 9.19. The molecule has 0 atom stereocenters. The van der Waals surface area contributed by atoms with E-state index in [2.05, 4.69) is 20.7 Å². The number of anilines is 1. The zero-order chi connectivity index (χ0) is 21.1. The molecule has 9 heteroatoms. The number of thiocarbonyl (C=S) groups is 1. The van der Waals surface area contributed by atoms with E-state index in [4.69, 9.17) is 12.2 Å². The third-order valence-electron chi connectivity index (χ3n) is 4.86. The van der Waals surface area contributed by atoms with Crippen LogP contribution in [0.3, 0.4) is 0 Å². The molecule has 2 heterocycles. The molecule has 1 fully saturated rings. The highest BCUT2D eigenvalue weighted by Crippen LogP contribution is 2.45. The van der Waals surface area contributed by atoms with E-state index in [-0.39, 0.29) is 17.8 Å². The Bertz CT molecular complexity index is 916. The first-order valence-corrected chi connectivity index (χ1v) is 11.4. The Labute approximate surface area is 187 Å². The number of benzene rings is 1. The number of carbonyl (C=O) groups excluding carboxylic acids is 3. The molecule has 6 nitrogen and oxygen atoms in total. The van der Waals surface area contributed by atoms with Gasteiger partial charge in [0.05, 0.1) is 23.3 Å². The standard InChI is InChI=1S/C20H21BrN2O4S2/c1-3-22-14-9-8-12(21)11-13(14)16(18(22)25)17-19(26)23(20(28)29-17)10-6-4-5-7-15(24)27-2/h8-9,11H,3-7,10H2,1-2H3/b17-16-. The van der Waals surface area contributed by atoms with Crippen LogP contribution in [0.1, 0.15) is 38.2 Å². The molecule has 0 radical (unpaired) electrons. The van der Waals surface area contributed by atoms with Crippen LogP contribution in [0.25, 0.3) is 5.57 Å². The lowest BCUT2D eigenvalue weighted by Crippen LogP contribution is -2.30. The molecule has 1 aromatic rings. The Morgan fingerprint density at radius 3 is 2.62 bits per heavy atom. The van der Waals surface area contributed by atoms with Crippen molar-refractivity contribution in [3.8, 4) is 0 Å². The van der Waals surface area contributed by atoms with E-state index in [0.29, 0.717) is 40.7 Å². The van der Waals surface area contributed by atoms with Crippen LogP contribution in [0.5, 0.6) is 0 Å². The highest BCUT2D eigenvalue weighted by atomic mass is 79.9. The van der Waals surface area contributed by atoms with Crippen LogP contribution < -0.4 is 4.90 Å². The van der Waals surface area contributed by atoms with Crippen molar-refractivity contribution in [1.82, 2.24) is 4.90 Å². The first-order chi connectivity index (χ1) is 13.9. The van der Waals surface area contributed by atoms with Gasteiger partial charge in [0.25, 0.3) is 11.8 Å². The maximum atomic E-state index is 13.1. The zero-order valence-electron chi connectivity index (χ0n) is 16.2. The van der Waals surface area contributed by atoms with Crippen LogP contribution in [-0.2, 0) is 19.1 Å². The summed E-state index contributed by atoms with van der Waals surface area (Å²) in [4.78, 5) is 40.9. The van der Waals surface area contributed by atoms with Gasteiger partial charge in [-0.2, -0.15) is 0 Å². The third kappa shape index (κ3) is 4.41. The fraction of sp³-hybridized carbons (Fsp3) is 0.400. The molecule has 154 valence electrons. The normalized spacial score (nSPS) is 18.7. The van der Waals surface area contributed by atoms with Gasteiger partial charge in [0.1, 0.15) is 4.32 Å². The van der Waals surface area contributed by atoms with Crippen LogP contribution in [0, 0.1) is 0 Å². The van der Waals surface area contributed by atoms with E-state index >= 15 is 0 Å². The number of likely N-dealkylation sites (N-methyl/N-ethyl adjacent to an activating group) is 1. The van der Waals surface area contributed by atoms with E-state index in [1.165, 1.54) is 18.9 Å². The quantitative estimate of drug-likeness (QED) is 0.244. The molecule has 0 aliphatic carbocycles. The number of nitrogens with zero attached hydrogens (tertiary/aromatic N) is 2. The molecule has 0 unspecified atom stereocenters. The van der Waals surface area contributed by atoms with Gasteiger partial charge in [-0.1, -0.05) is 46.3 Å².